The van der Waals surface area contributed by atoms with E-state index in [2.05, 4.69) is 181 Å². The number of furan rings is 1. The van der Waals surface area contributed by atoms with Gasteiger partial charge in [0, 0.05) is 39.0 Å². The van der Waals surface area contributed by atoms with Crippen molar-refractivity contribution in [3.8, 4) is 44.5 Å². The molecule has 0 saturated carbocycles. The van der Waals surface area contributed by atoms with Gasteiger partial charge < -0.3 is 9.32 Å². The van der Waals surface area contributed by atoms with Crippen LogP contribution in [-0.2, 0) is 5.41 Å². The smallest absolute Gasteiger partial charge is 0.142 e. The first-order chi connectivity index (χ1) is 33.8. The quantitative estimate of drug-likeness (QED) is 0.142. The minimum Gasteiger partial charge on any atom is -0.455 e. The third-order valence-corrected chi connectivity index (χ3v) is 14.0. The zero-order valence-corrected chi connectivity index (χ0v) is 37.5. The van der Waals surface area contributed by atoms with E-state index in [0.717, 1.165) is 44.9 Å². The molecule has 1 aliphatic carbocycles. The third kappa shape index (κ3) is 6.57. The summed E-state index contributed by atoms with van der Waals surface area (Å²) in [5, 5.41) is 1.04. The van der Waals surface area contributed by atoms with Crippen molar-refractivity contribution in [2.45, 2.75) is 5.41 Å². The van der Waals surface area contributed by atoms with Gasteiger partial charge in [-0.25, -0.2) is 0 Å². The number of hydrogen-bond donors (Lipinski definition) is 0. The van der Waals surface area contributed by atoms with E-state index in [1.165, 1.54) is 27.8 Å². The molecule has 8 heteroatoms. The van der Waals surface area contributed by atoms with E-state index in [9.17, 15) is 0 Å². The van der Waals surface area contributed by atoms with Crippen LogP contribution in [0, 0.1) is 0 Å². The Morgan fingerprint density at radius 3 is 1.16 bits per heavy atom. The summed E-state index contributed by atoms with van der Waals surface area (Å²) in [6.45, 7) is 0. The van der Waals surface area contributed by atoms with Crippen molar-refractivity contribution in [3.63, 3.8) is 0 Å². The van der Waals surface area contributed by atoms with Crippen LogP contribution in [0.15, 0.2) is 217 Å². The molecule has 10 aromatic carbocycles. The van der Waals surface area contributed by atoms with Gasteiger partial charge in [-0.2, -0.15) is 0 Å². The number of hydrogen-bond acceptors (Lipinski definition) is 2. The van der Waals surface area contributed by atoms with Crippen molar-refractivity contribution in [2.75, 3.05) is 4.90 Å². The van der Waals surface area contributed by atoms with E-state index in [4.69, 9.17) is 51.5 Å². The number of nitrogens with zero attached hydrogens (tertiary/aromatic N) is 1. The van der Waals surface area contributed by atoms with Crippen molar-refractivity contribution >= 4 is 119 Å². The van der Waals surface area contributed by atoms with Gasteiger partial charge in [0.05, 0.1) is 5.41 Å². The summed E-state index contributed by atoms with van der Waals surface area (Å²) >= 11 is 0. The first kappa shape index (κ1) is 42.5. The first-order valence-electron chi connectivity index (χ1n) is 22.9. The molecule has 1 heterocycles. The predicted octanol–water partition coefficient (Wildman–Crippen LogP) is 9.18. The molecule has 0 N–H and O–H groups in total. The summed E-state index contributed by atoms with van der Waals surface area (Å²) < 4.78 is 6.99. The Labute approximate surface area is 410 Å². The van der Waals surface area contributed by atoms with Crippen molar-refractivity contribution in [1.29, 1.82) is 0 Å². The Kier molecular flexibility index (Phi) is 10.3. The van der Waals surface area contributed by atoms with Crippen LogP contribution in [0.1, 0.15) is 22.3 Å². The van der Waals surface area contributed by atoms with Crippen molar-refractivity contribution < 1.29 is 4.42 Å². The predicted molar refractivity (Wildman–Crippen MR) is 294 cm³/mol. The van der Waals surface area contributed by atoms with E-state index in [1.807, 2.05) is 36.4 Å². The molecule has 1 aliphatic rings. The minimum absolute atomic E-state index is 0.220. The fourth-order valence-electron chi connectivity index (χ4n) is 10.8. The fourth-order valence-corrected chi connectivity index (χ4v) is 10.8. The lowest BCUT2D eigenvalue weighted by atomic mass is 9.65. The second-order valence-electron chi connectivity index (χ2n) is 17.7. The molecular weight excluding hydrogens is 828 g/mol. The molecule has 0 saturated heterocycles. The summed E-state index contributed by atoms with van der Waals surface area (Å²) in [6.07, 6.45) is 0. The van der Waals surface area contributed by atoms with E-state index in [1.54, 1.807) is 0 Å². The maximum absolute atomic E-state index is 6.99. The third-order valence-electron chi connectivity index (χ3n) is 14.0. The van der Waals surface area contributed by atoms with Gasteiger partial charge in [-0.1, -0.05) is 198 Å². The number of rotatable bonds is 8. The highest BCUT2D eigenvalue weighted by atomic mass is 16.3. The first-order valence-corrected chi connectivity index (χ1v) is 22.9. The molecule has 69 heavy (non-hydrogen) atoms. The van der Waals surface area contributed by atoms with Crippen molar-refractivity contribution in [3.05, 3.63) is 235 Å². The molecule has 0 bridgehead atoms. The summed E-state index contributed by atoms with van der Waals surface area (Å²) in [7, 11) is 41.4. The molecule has 0 aliphatic heterocycles. The lowest BCUT2D eigenvalue weighted by Crippen LogP contribution is -2.42. The highest BCUT2D eigenvalue weighted by molar-refractivity contribution is 6.66. The van der Waals surface area contributed by atoms with Gasteiger partial charge in [0.25, 0.3) is 0 Å². The highest BCUT2D eigenvalue weighted by Gasteiger charge is 2.45. The fraction of sp³-hybridized carbons (Fsp3) is 0.0164. The Hall–Kier alpha value is -7.81. The summed E-state index contributed by atoms with van der Waals surface area (Å²) in [4.78, 5) is 2.21. The Bertz CT molecular complexity index is 3720. The van der Waals surface area contributed by atoms with E-state index >= 15 is 0 Å². The van der Waals surface area contributed by atoms with Crippen LogP contribution in [0.4, 0.5) is 17.1 Å². The van der Waals surface area contributed by atoms with Crippen molar-refractivity contribution in [1.82, 2.24) is 0 Å². The molecule has 0 spiro atoms. The molecule has 0 fully saturated rings. The number of benzene rings is 10. The zero-order chi connectivity index (χ0) is 47.0. The van der Waals surface area contributed by atoms with Crippen LogP contribution in [0.25, 0.3) is 66.4 Å². The molecule has 308 valence electrons. The van der Waals surface area contributed by atoms with E-state index < -0.39 is 5.41 Å². The SMILES string of the molecule is [B]c1c([B])c([B])c2c(oc3c(-c4ccc(C5(c6ccccc6)c6ccccc6-c6ccccc65)cc4)c([B])c([B])c([B])c32)c1-c1ccc(N(c2ccccc2)c2ccc(-c3ccccc3)cc2)cc1. The largest absolute Gasteiger partial charge is 0.455 e. The molecule has 1 aromatic heterocycles. The Morgan fingerprint density at radius 1 is 0.304 bits per heavy atom. The number of para-hydroxylation sites is 1. The van der Waals surface area contributed by atoms with Gasteiger partial charge >= 0.3 is 0 Å². The van der Waals surface area contributed by atoms with E-state index in [0.29, 0.717) is 38.5 Å². The molecular formula is C61H35B6NO. The van der Waals surface area contributed by atoms with Gasteiger partial charge in [-0.05, 0) is 92.0 Å². The molecule has 11 aromatic rings. The molecule has 0 atom stereocenters. The second-order valence-corrected chi connectivity index (χ2v) is 17.7. The van der Waals surface area contributed by atoms with Crippen molar-refractivity contribution in [2.24, 2.45) is 0 Å². The van der Waals surface area contributed by atoms with Gasteiger partial charge in [0.15, 0.2) is 0 Å². The molecule has 2 nitrogen and oxygen atoms in total. The van der Waals surface area contributed by atoms with Gasteiger partial charge in [-0.3, -0.25) is 0 Å². The van der Waals surface area contributed by atoms with Gasteiger partial charge in [0.2, 0.25) is 0 Å². The molecule has 12 rings (SSSR count). The molecule has 0 amide bonds. The van der Waals surface area contributed by atoms with Crippen LogP contribution in [0.2, 0.25) is 0 Å². The topological polar surface area (TPSA) is 16.4 Å². The standard InChI is InChI=1S/C61H35B6NO/c62-53-49(38-24-30-41(31-25-38)61(40-16-6-2-7-17-40)47-22-12-10-20-45(47)46-21-11-13-23-48(46)61)59-51(55(64)57(53)66)52-56(65)58(67)54(63)50(60(52)69-59)39-28-34-44(35-29-39)68(42-18-8-3-9-19-42)43-32-26-37(27-33-43)36-14-4-1-5-15-36/h1-35H. The van der Waals surface area contributed by atoms with E-state index in [-0.39, 0.29) is 27.3 Å². The lowest BCUT2D eigenvalue weighted by Gasteiger charge is -2.34. The zero-order valence-electron chi connectivity index (χ0n) is 37.5. The average Bonchev–Trinajstić information content (AvgIpc) is 3.94. The highest BCUT2D eigenvalue weighted by Crippen LogP contribution is 2.56. The van der Waals surface area contributed by atoms with Crippen LogP contribution in [0.5, 0.6) is 0 Å². The normalized spacial score (nSPS) is 12.5. The molecule has 12 radical (unpaired) electrons. The number of fused-ring (bicyclic) bond motifs is 6. The second kappa shape index (κ2) is 16.8. The maximum atomic E-state index is 6.99. The lowest BCUT2D eigenvalue weighted by molar-refractivity contribution is 0.672. The monoisotopic (exact) mass is 863 g/mol. The summed E-state index contributed by atoms with van der Waals surface area (Å²) in [6, 6.07) is 73.9. The Balaban J connectivity index is 0.999. The minimum atomic E-state index is -0.577. The summed E-state index contributed by atoms with van der Waals surface area (Å²) in [5.41, 5.74) is 16.9. The maximum Gasteiger partial charge on any atom is 0.142 e. The van der Waals surface area contributed by atoms with Gasteiger partial charge in [-0.15, -0.1) is 10.9 Å². The van der Waals surface area contributed by atoms with Crippen LogP contribution < -0.4 is 37.7 Å². The van der Waals surface area contributed by atoms with Crippen LogP contribution in [0.3, 0.4) is 0 Å². The van der Waals surface area contributed by atoms with Crippen LogP contribution >= 0.6 is 0 Å². The van der Waals surface area contributed by atoms with Gasteiger partial charge in [0.1, 0.15) is 58.2 Å². The Morgan fingerprint density at radius 2 is 0.667 bits per heavy atom. The van der Waals surface area contributed by atoms with Crippen LogP contribution in [-0.4, -0.2) is 47.1 Å². The number of anilines is 3. The summed E-state index contributed by atoms with van der Waals surface area (Å²) in [5.74, 6) is 0. The average molecular weight is 863 g/mol. The molecule has 0 unspecified atom stereocenters.